The molecule has 9 heteroatoms. The van der Waals surface area contributed by atoms with Gasteiger partial charge in [0, 0.05) is 30.2 Å². The summed E-state index contributed by atoms with van der Waals surface area (Å²) >= 11 is 0. The number of anilines is 1. The molecule has 0 aliphatic heterocycles. The number of nitrogens with zero attached hydrogens (tertiary/aromatic N) is 2. The number of pyridine rings is 2. The van der Waals surface area contributed by atoms with Gasteiger partial charge in [-0.3, -0.25) is 20.1 Å². The minimum Gasteiger partial charge on any atom is -0.462 e. The summed E-state index contributed by atoms with van der Waals surface area (Å²) in [6, 6.07) is 9.21. The topological polar surface area (TPSA) is 121 Å². The molecule has 0 aliphatic carbocycles. The van der Waals surface area contributed by atoms with Crippen LogP contribution in [0.1, 0.15) is 17.3 Å². The number of fused-ring (bicyclic) bond motifs is 1. The number of carbonyl (C=O) groups is 2. The molecule has 9 nitrogen and oxygen atoms in total. The number of carbonyl (C=O) groups excluding carboxylic acids is 2. The van der Waals surface area contributed by atoms with Crippen LogP contribution < -0.4 is 15.5 Å². The lowest BCUT2D eigenvalue weighted by molar-refractivity contribution is 0.0734. The zero-order chi connectivity index (χ0) is 22.5. The van der Waals surface area contributed by atoms with E-state index in [9.17, 15) is 14.4 Å². The van der Waals surface area contributed by atoms with Crippen molar-refractivity contribution in [2.45, 2.75) is 6.92 Å². The van der Waals surface area contributed by atoms with Crippen LogP contribution in [0.4, 0.5) is 10.5 Å². The molecule has 0 fully saturated rings. The zero-order valence-corrected chi connectivity index (χ0v) is 16.9. The van der Waals surface area contributed by atoms with E-state index in [-0.39, 0.29) is 34.6 Å². The van der Waals surface area contributed by atoms with Gasteiger partial charge in [-0.2, -0.15) is 0 Å². The highest BCUT2D eigenvalue weighted by Crippen LogP contribution is 2.31. The maximum Gasteiger partial charge on any atom is 0.411 e. The van der Waals surface area contributed by atoms with Crippen LogP contribution in [0, 0.1) is 0 Å². The zero-order valence-electron chi connectivity index (χ0n) is 16.9. The molecule has 0 saturated heterocycles. The molecular formula is C23H17N3O6. The quantitative estimate of drug-likeness (QED) is 0.371. The number of ether oxygens (including phenoxy) is 2. The summed E-state index contributed by atoms with van der Waals surface area (Å²) < 4.78 is 15.9. The number of amides is 1. The predicted molar refractivity (Wildman–Crippen MR) is 116 cm³/mol. The Balaban J connectivity index is 1.75. The van der Waals surface area contributed by atoms with Crippen LogP contribution in [0.5, 0.6) is 5.75 Å². The van der Waals surface area contributed by atoms with Crippen molar-refractivity contribution in [3.8, 4) is 16.9 Å². The largest absolute Gasteiger partial charge is 0.462 e. The summed E-state index contributed by atoms with van der Waals surface area (Å²) in [7, 11) is 0. The third-order valence-electron chi connectivity index (χ3n) is 4.48. The van der Waals surface area contributed by atoms with Gasteiger partial charge in [-0.25, -0.2) is 9.59 Å². The van der Waals surface area contributed by atoms with Crippen LogP contribution in [-0.4, -0.2) is 28.6 Å². The fourth-order valence-electron chi connectivity index (χ4n) is 3.02. The first-order chi connectivity index (χ1) is 15.6. The van der Waals surface area contributed by atoms with Crippen molar-refractivity contribution in [2.75, 3.05) is 11.9 Å². The van der Waals surface area contributed by atoms with Crippen molar-refractivity contribution in [1.29, 1.82) is 0 Å². The van der Waals surface area contributed by atoms with Crippen LogP contribution in [0.15, 0.2) is 76.7 Å². The molecule has 3 heterocycles. The van der Waals surface area contributed by atoms with E-state index >= 15 is 0 Å². The van der Waals surface area contributed by atoms with Gasteiger partial charge in [0.15, 0.2) is 5.58 Å². The minimum absolute atomic E-state index is 0.155. The van der Waals surface area contributed by atoms with E-state index in [2.05, 4.69) is 15.3 Å². The molecule has 4 rings (SSSR count). The van der Waals surface area contributed by atoms with Crippen molar-refractivity contribution in [2.24, 2.45) is 0 Å². The number of esters is 1. The summed E-state index contributed by atoms with van der Waals surface area (Å²) in [5.74, 6) is -0.463. The van der Waals surface area contributed by atoms with Gasteiger partial charge in [-0.15, -0.1) is 0 Å². The van der Waals surface area contributed by atoms with Crippen LogP contribution in [0.2, 0.25) is 0 Å². The Morgan fingerprint density at radius 1 is 1.06 bits per heavy atom. The molecule has 4 aromatic rings. The fraction of sp³-hybridized carbons (Fsp3) is 0.0870. The number of nitrogens with one attached hydrogen (secondary N) is 1. The molecular weight excluding hydrogens is 414 g/mol. The van der Waals surface area contributed by atoms with Crippen molar-refractivity contribution >= 4 is 28.7 Å². The second-order valence-corrected chi connectivity index (χ2v) is 6.53. The van der Waals surface area contributed by atoms with Crippen LogP contribution in [0.25, 0.3) is 22.1 Å². The van der Waals surface area contributed by atoms with E-state index in [1.165, 1.54) is 43.2 Å². The first kappa shape index (κ1) is 20.7. The van der Waals surface area contributed by atoms with Crippen LogP contribution in [-0.2, 0) is 4.74 Å². The summed E-state index contributed by atoms with van der Waals surface area (Å²) in [6.45, 7) is 1.82. The van der Waals surface area contributed by atoms with Crippen LogP contribution >= 0.6 is 0 Å². The fourth-order valence-corrected chi connectivity index (χ4v) is 3.02. The van der Waals surface area contributed by atoms with Gasteiger partial charge in [0.05, 0.1) is 35.0 Å². The summed E-state index contributed by atoms with van der Waals surface area (Å²) in [5.41, 5.74) is 1.08. The predicted octanol–water partition coefficient (Wildman–Crippen LogP) is 4.04. The number of hydrogen-bond donors (Lipinski definition) is 1. The van der Waals surface area contributed by atoms with E-state index in [1.54, 1.807) is 31.2 Å². The lowest BCUT2D eigenvalue weighted by Crippen LogP contribution is -2.15. The Labute approximate surface area is 181 Å². The lowest BCUT2D eigenvalue weighted by Gasteiger charge is -2.13. The molecule has 0 atom stereocenters. The highest BCUT2D eigenvalue weighted by Gasteiger charge is 2.17. The van der Waals surface area contributed by atoms with Crippen LogP contribution in [0.3, 0.4) is 0 Å². The van der Waals surface area contributed by atoms with E-state index in [0.717, 1.165) is 0 Å². The summed E-state index contributed by atoms with van der Waals surface area (Å²) in [4.78, 5) is 45.3. The van der Waals surface area contributed by atoms with Gasteiger partial charge in [0.1, 0.15) is 12.0 Å². The van der Waals surface area contributed by atoms with Crippen molar-refractivity contribution < 1.29 is 23.5 Å². The Hall–Kier alpha value is -4.53. The number of hydrogen-bond acceptors (Lipinski definition) is 8. The second-order valence-electron chi connectivity index (χ2n) is 6.53. The highest BCUT2D eigenvalue weighted by atomic mass is 16.5. The Morgan fingerprint density at radius 3 is 2.69 bits per heavy atom. The van der Waals surface area contributed by atoms with Gasteiger partial charge >= 0.3 is 12.1 Å². The molecule has 1 N–H and O–H groups in total. The summed E-state index contributed by atoms with van der Waals surface area (Å²) in [6.07, 6.45) is 6.42. The Bertz CT molecular complexity index is 1350. The number of rotatable bonds is 5. The van der Waals surface area contributed by atoms with Gasteiger partial charge < -0.3 is 13.9 Å². The third-order valence-corrected chi connectivity index (χ3v) is 4.48. The first-order valence-corrected chi connectivity index (χ1v) is 9.62. The molecule has 3 aromatic heterocycles. The molecule has 0 radical (unpaired) electrons. The van der Waals surface area contributed by atoms with Crippen molar-refractivity contribution in [3.05, 3.63) is 83.2 Å². The van der Waals surface area contributed by atoms with E-state index in [0.29, 0.717) is 16.5 Å². The van der Waals surface area contributed by atoms with Crippen molar-refractivity contribution in [3.63, 3.8) is 0 Å². The standard InChI is InChI=1S/C23H17N3O6/c1-2-30-23(29)26-19-10-15(32-22(28)14-4-3-8-24-11-14)5-6-16(19)18-13-31-20-12-25-9-7-17(20)21(18)27/h3-13H,2H2,1H3,(H,26,29). The Morgan fingerprint density at radius 2 is 1.91 bits per heavy atom. The second kappa shape index (κ2) is 9.09. The minimum atomic E-state index is -0.723. The van der Waals surface area contributed by atoms with E-state index < -0.39 is 12.1 Å². The monoisotopic (exact) mass is 431 g/mol. The molecule has 0 unspecified atom stereocenters. The number of benzene rings is 1. The maximum absolute atomic E-state index is 13.0. The van der Waals surface area contributed by atoms with Gasteiger partial charge in [0.25, 0.3) is 0 Å². The molecule has 0 spiro atoms. The molecule has 32 heavy (non-hydrogen) atoms. The van der Waals surface area contributed by atoms with Crippen molar-refractivity contribution in [1.82, 2.24) is 9.97 Å². The van der Waals surface area contributed by atoms with Gasteiger partial charge in [0.2, 0.25) is 5.43 Å². The van der Waals surface area contributed by atoms with E-state index in [4.69, 9.17) is 13.9 Å². The first-order valence-electron chi connectivity index (χ1n) is 9.62. The molecule has 0 aliphatic rings. The number of aromatic nitrogens is 2. The third kappa shape index (κ3) is 4.31. The maximum atomic E-state index is 13.0. The molecule has 1 aromatic carbocycles. The molecule has 0 bridgehead atoms. The van der Waals surface area contributed by atoms with Gasteiger partial charge in [-0.05, 0) is 37.3 Å². The summed E-state index contributed by atoms with van der Waals surface area (Å²) in [5, 5.41) is 2.92. The highest BCUT2D eigenvalue weighted by molar-refractivity contribution is 5.94. The van der Waals surface area contributed by atoms with Gasteiger partial charge in [-0.1, -0.05) is 0 Å². The molecule has 0 saturated carbocycles. The average molecular weight is 431 g/mol. The molecule has 160 valence electrons. The lowest BCUT2D eigenvalue weighted by atomic mass is 10.0. The normalized spacial score (nSPS) is 10.5. The Kier molecular flexibility index (Phi) is 5.89. The SMILES string of the molecule is CCOC(=O)Nc1cc(OC(=O)c2cccnc2)ccc1-c1coc2cnccc2c1=O. The molecule has 1 amide bonds. The van der Waals surface area contributed by atoms with E-state index in [1.807, 2.05) is 0 Å². The average Bonchev–Trinajstić information content (AvgIpc) is 2.81. The smallest absolute Gasteiger partial charge is 0.411 e.